The number of benzene rings is 1. The van der Waals surface area contributed by atoms with Gasteiger partial charge < -0.3 is 0 Å². The third-order valence-electron chi connectivity index (χ3n) is 4.52. The van der Waals surface area contributed by atoms with E-state index in [9.17, 15) is 5.26 Å². The molecule has 1 aromatic heterocycles. The van der Waals surface area contributed by atoms with Crippen LogP contribution >= 0.6 is 11.8 Å². The second-order valence-corrected chi connectivity index (χ2v) is 6.69. The lowest BCUT2D eigenvalue weighted by molar-refractivity contribution is 0.178. The van der Waals surface area contributed by atoms with Gasteiger partial charge in [-0.25, -0.2) is 9.97 Å². The van der Waals surface area contributed by atoms with Crippen LogP contribution in [0.3, 0.4) is 0 Å². The summed E-state index contributed by atoms with van der Waals surface area (Å²) in [6.45, 7) is 2.70. The highest BCUT2D eigenvalue weighted by Crippen LogP contribution is 2.35. The zero-order chi connectivity index (χ0) is 16.1. The second kappa shape index (κ2) is 7.12. The Morgan fingerprint density at radius 3 is 2.39 bits per heavy atom. The van der Waals surface area contributed by atoms with Crippen molar-refractivity contribution < 1.29 is 0 Å². The predicted octanol–water partition coefficient (Wildman–Crippen LogP) is 3.26. The first-order chi connectivity index (χ1) is 11.3. The lowest BCUT2D eigenvalue weighted by atomic mass is 9.74. The maximum Gasteiger partial charge on any atom is 0.187 e. The molecule has 0 saturated carbocycles. The number of hydrogen-bond acceptors (Lipinski definition) is 5. The van der Waals surface area contributed by atoms with E-state index >= 15 is 0 Å². The average molecular weight is 324 g/mol. The predicted molar refractivity (Wildman–Crippen MR) is 92.1 cm³/mol. The maximum atomic E-state index is 9.74. The van der Waals surface area contributed by atoms with Gasteiger partial charge in [-0.3, -0.25) is 4.90 Å². The maximum absolute atomic E-state index is 9.74. The molecule has 2 aromatic rings. The summed E-state index contributed by atoms with van der Waals surface area (Å²) < 4.78 is 0. The van der Waals surface area contributed by atoms with Crippen LogP contribution in [0.5, 0.6) is 0 Å². The van der Waals surface area contributed by atoms with Crippen molar-refractivity contribution in [3.63, 3.8) is 0 Å². The highest BCUT2D eigenvalue weighted by molar-refractivity contribution is 7.98. The molecule has 23 heavy (non-hydrogen) atoms. The number of aromatic nitrogens is 2. The van der Waals surface area contributed by atoms with E-state index in [0.29, 0.717) is 0 Å². The molecule has 3 rings (SSSR count). The lowest BCUT2D eigenvalue weighted by Gasteiger charge is -2.37. The van der Waals surface area contributed by atoms with Gasteiger partial charge in [-0.1, -0.05) is 42.1 Å². The molecule has 0 bridgehead atoms. The lowest BCUT2D eigenvalue weighted by Crippen LogP contribution is -2.41. The Labute approximate surface area is 141 Å². The van der Waals surface area contributed by atoms with Gasteiger partial charge >= 0.3 is 0 Å². The molecule has 118 valence electrons. The van der Waals surface area contributed by atoms with E-state index < -0.39 is 0 Å². The van der Waals surface area contributed by atoms with Crippen molar-refractivity contribution in [2.45, 2.75) is 30.0 Å². The van der Waals surface area contributed by atoms with Gasteiger partial charge in [0.25, 0.3) is 0 Å². The largest absolute Gasteiger partial charge is 0.299 e. The zero-order valence-corrected chi connectivity index (χ0v) is 14.1. The standard InChI is InChI=1S/C18H20N4S/c1-23-17-20-11-15(12-21-17)13-22-9-7-18(14-19,8-10-22)16-5-3-2-4-6-16/h2-6,11-12H,7-10,13H2,1H3. The minimum atomic E-state index is -0.336. The van der Waals surface area contributed by atoms with Crippen LogP contribution in [0.4, 0.5) is 0 Å². The van der Waals surface area contributed by atoms with Crippen LogP contribution in [0.15, 0.2) is 47.9 Å². The Bertz CT molecular complexity index is 670. The molecule has 0 atom stereocenters. The van der Waals surface area contributed by atoms with Crippen molar-refractivity contribution in [2.24, 2.45) is 0 Å². The Kier molecular flexibility index (Phi) is 4.94. The number of nitrogens with zero attached hydrogens (tertiary/aromatic N) is 4. The minimum absolute atomic E-state index is 0.336. The fourth-order valence-electron chi connectivity index (χ4n) is 3.10. The molecule has 1 saturated heterocycles. The van der Waals surface area contributed by atoms with Crippen LogP contribution < -0.4 is 0 Å². The van der Waals surface area contributed by atoms with Gasteiger partial charge in [0, 0.05) is 37.6 Å². The van der Waals surface area contributed by atoms with Crippen LogP contribution in [-0.2, 0) is 12.0 Å². The summed E-state index contributed by atoms with van der Waals surface area (Å²) in [4.78, 5) is 11.0. The normalized spacial score (nSPS) is 17.6. The molecule has 0 aliphatic carbocycles. The Morgan fingerprint density at radius 1 is 1.17 bits per heavy atom. The van der Waals surface area contributed by atoms with Gasteiger partial charge in [0.2, 0.25) is 0 Å². The van der Waals surface area contributed by atoms with Gasteiger partial charge in [0.05, 0.1) is 11.5 Å². The quantitative estimate of drug-likeness (QED) is 0.638. The monoisotopic (exact) mass is 324 g/mol. The van der Waals surface area contributed by atoms with Crippen LogP contribution in [0.2, 0.25) is 0 Å². The molecule has 0 amide bonds. The molecular weight excluding hydrogens is 304 g/mol. The smallest absolute Gasteiger partial charge is 0.187 e. The van der Waals surface area contributed by atoms with Crippen molar-refractivity contribution in [1.29, 1.82) is 5.26 Å². The van der Waals surface area contributed by atoms with Crippen LogP contribution in [0.25, 0.3) is 0 Å². The topological polar surface area (TPSA) is 52.8 Å². The Hall–Kier alpha value is -1.90. The summed E-state index contributed by atoms with van der Waals surface area (Å²) in [6.07, 6.45) is 7.53. The summed E-state index contributed by atoms with van der Waals surface area (Å²) >= 11 is 1.55. The van der Waals surface area contributed by atoms with Crippen molar-refractivity contribution in [1.82, 2.24) is 14.9 Å². The van der Waals surface area contributed by atoms with Gasteiger partial charge in [0.1, 0.15) is 0 Å². The van der Waals surface area contributed by atoms with E-state index in [2.05, 4.69) is 33.1 Å². The molecule has 0 N–H and O–H groups in total. The summed E-state index contributed by atoms with van der Waals surface area (Å²) in [6, 6.07) is 12.8. The molecule has 1 aliphatic rings. The van der Waals surface area contributed by atoms with Crippen molar-refractivity contribution in [3.8, 4) is 6.07 Å². The number of hydrogen-bond donors (Lipinski definition) is 0. The highest BCUT2D eigenvalue weighted by Gasteiger charge is 2.36. The number of likely N-dealkylation sites (tertiary alicyclic amines) is 1. The molecule has 0 radical (unpaired) electrons. The molecule has 0 spiro atoms. The first-order valence-corrected chi connectivity index (χ1v) is 9.02. The molecule has 4 nitrogen and oxygen atoms in total. The third-order valence-corrected chi connectivity index (χ3v) is 5.10. The van der Waals surface area contributed by atoms with Gasteiger partial charge in [-0.2, -0.15) is 5.26 Å². The van der Waals surface area contributed by atoms with Crippen molar-refractivity contribution in [3.05, 3.63) is 53.9 Å². The van der Waals surface area contributed by atoms with E-state index in [-0.39, 0.29) is 5.41 Å². The summed E-state index contributed by atoms with van der Waals surface area (Å²) in [5.41, 5.74) is 1.94. The van der Waals surface area contributed by atoms with Gasteiger partial charge in [-0.15, -0.1) is 0 Å². The summed E-state index contributed by atoms with van der Waals surface area (Å²) in [5, 5.41) is 10.5. The van der Waals surface area contributed by atoms with E-state index in [4.69, 9.17) is 0 Å². The Balaban J connectivity index is 1.64. The van der Waals surface area contributed by atoms with Crippen molar-refractivity contribution >= 4 is 11.8 Å². The highest BCUT2D eigenvalue weighted by atomic mass is 32.2. The molecule has 0 unspecified atom stereocenters. The van der Waals surface area contributed by atoms with Crippen molar-refractivity contribution in [2.75, 3.05) is 19.3 Å². The van der Waals surface area contributed by atoms with Crippen LogP contribution in [0.1, 0.15) is 24.0 Å². The van der Waals surface area contributed by atoms with Crippen LogP contribution in [-0.4, -0.2) is 34.2 Å². The van der Waals surface area contributed by atoms with Crippen LogP contribution in [0, 0.1) is 11.3 Å². The first-order valence-electron chi connectivity index (χ1n) is 7.80. The van der Waals surface area contributed by atoms with E-state index in [1.807, 2.05) is 36.8 Å². The van der Waals surface area contributed by atoms with E-state index in [1.165, 1.54) is 0 Å². The number of piperidine rings is 1. The summed E-state index contributed by atoms with van der Waals surface area (Å²) in [5.74, 6) is 0. The molecule has 1 fully saturated rings. The SMILES string of the molecule is CSc1ncc(CN2CCC(C#N)(c3ccccc3)CC2)cn1. The molecule has 1 aliphatic heterocycles. The van der Waals surface area contributed by atoms with E-state index in [0.717, 1.165) is 48.8 Å². The molecular formula is C18H20N4S. The molecule has 5 heteroatoms. The average Bonchev–Trinajstić information content (AvgIpc) is 2.64. The Morgan fingerprint density at radius 2 is 1.83 bits per heavy atom. The zero-order valence-electron chi connectivity index (χ0n) is 13.3. The van der Waals surface area contributed by atoms with Gasteiger partial charge in [0.15, 0.2) is 5.16 Å². The number of nitriles is 1. The fraction of sp³-hybridized carbons (Fsp3) is 0.389. The molecule has 2 heterocycles. The number of thioether (sulfide) groups is 1. The van der Waals surface area contributed by atoms with E-state index in [1.54, 1.807) is 11.8 Å². The first kappa shape index (κ1) is 16.0. The number of rotatable bonds is 4. The minimum Gasteiger partial charge on any atom is -0.299 e. The third kappa shape index (κ3) is 3.54. The van der Waals surface area contributed by atoms with Gasteiger partial charge in [-0.05, 0) is 24.7 Å². The second-order valence-electron chi connectivity index (χ2n) is 5.91. The molecule has 1 aromatic carbocycles. The summed E-state index contributed by atoms with van der Waals surface area (Å²) in [7, 11) is 0. The fourth-order valence-corrected chi connectivity index (χ4v) is 3.42.